The standard InChI is InChI=1S/C67H39N5O2/c1-2-20-46-40(15-1)34-36-58-62(46)55-28-13-25-47(41-16-11-17-42(37-41)48-26-14-27-54-52-24-6-10-32-60(52)74-64(48)54)63(55)71(58)45-19-12-18-43(38-45)65-68-66(44-33-35-53-51-23-5-9-31-59(51)73-61(53)39-44)70-67(69-65)72-56-29-7-3-21-49(56)50-22-4-8-30-57(50)72/h1-39H. The Morgan fingerprint density at radius 2 is 0.878 bits per heavy atom. The van der Waals surface area contributed by atoms with E-state index >= 15 is 0 Å². The van der Waals surface area contributed by atoms with Crippen molar-refractivity contribution in [3.63, 3.8) is 0 Å². The fraction of sp³-hybridized carbons (Fsp3) is 0. The monoisotopic (exact) mass is 945 g/mol. The molecule has 0 unspecified atom stereocenters. The van der Waals surface area contributed by atoms with Crippen molar-refractivity contribution in [1.82, 2.24) is 24.1 Å². The van der Waals surface area contributed by atoms with E-state index in [0.29, 0.717) is 17.6 Å². The van der Waals surface area contributed by atoms with E-state index in [1.165, 1.54) is 21.5 Å². The van der Waals surface area contributed by atoms with Gasteiger partial charge in [0.1, 0.15) is 22.3 Å². The maximum atomic E-state index is 6.56. The lowest BCUT2D eigenvalue weighted by Crippen LogP contribution is -2.06. The highest BCUT2D eigenvalue weighted by atomic mass is 16.3. The largest absolute Gasteiger partial charge is 0.456 e. The van der Waals surface area contributed by atoms with Gasteiger partial charge in [-0.2, -0.15) is 9.97 Å². The summed E-state index contributed by atoms with van der Waals surface area (Å²) < 4.78 is 17.6. The summed E-state index contributed by atoms with van der Waals surface area (Å²) >= 11 is 0. The average molecular weight is 946 g/mol. The van der Waals surface area contributed by atoms with Gasteiger partial charge in [0.2, 0.25) is 5.95 Å². The average Bonchev–Trinajstić information content (AvgIpc) is 4.23. The van der Waals surface area contributed by atoms with Crippen LogP contribution in [0.25, 0.3) is 155 Å². The van der Waals surface area contributed by atoms with E-state index < -0.39 is 0 Å². The van der Waals surface area contributed by atoms with Crippen molar-refractivity contribution in [2.24, 2.45) is 0 Å². The minimum atomic E-state index is 0.529. The molecule has 16 rings (SSSR count). The van der Waals surface area contributed by atoms with Crippen molar-refractivity contribution in [2.45, 2.75) is 0 Å². The van der Waals surface area contributed by atoms with Crippen molar-refractivity contribution in [1.29, 1.82) is 0 Å². The van der Waals surface area contributed by atoms with Gasteiger partial charge in [0.25, 0.3) is 0 Å². The van der Waals surface area contributed by atoms with Gasteiger partial charge in [-0.1, -0.05) is 176 Å². The summed E-state index contributed by atoms with van der Waals surface area (Å²) in [5.74, 6) is 1.63. The first kappa shape index (κ1) is 40.6. The van der Waals surface area contributed by atoms with Crippen molar-refractivity contribution in [3.8, 4) is 56.7 Å². The quantitative estimate of drug-likeness (QED) is 0.166. The van der Waals surface area contributed by atoms with E-state index in [1.54, 1.807) is 0 Å². The van der Waals surface area contributed by atoms with Crippen LogP contribution >= 0.6 is 0 Å². The van der Waals surface area contributed by atoms with Gasteiger partial charge < -0.3 is 13.4 Å². The highest BCUT2D eigenvalue weighted by Gasteiger charge is 2.23. The molecule has 0 aliphatic carbocycles. The lowest BCUT2D eigenvalue weighted by Gasteiger charge is -2.14. The third kappa shape index (κ3) is 6.04. The van der Waals surface area contributed by atoms with Crippen LogP contribution in [0.1, 0.15) is 0 Å². The maximum absolute atomic E-state index is 6.56. The molecular formula is C67H39N5O2. The number of hydrogen-bond donors (Lipinski definition) is 0. The van der Waals surface area contributed by atoms with Crippen molar-refractivity contribution in [2.75, 3.05) is 0 Å². The highest BCUT2D eigenvalue weighted by Crippen LogP contribution is 2.44. The van der Waals surface area contributed by atoms with Crippen LogP contribution in [0.2, 0.25) is 0 Å². The third-order valence-electron chi connectivity index (χ3n) is 15.0. The molecule has 0 saturated heterocycles. The summed E-state index contributed by atoms with van der Waals surface area (Å²) in [6, 6.07) is 83.4. The van der Waals surface area contributed by atoms with Crippen LogP contribution in [-0.2, 0) is 0 Å². The van der Waals surface area contributed by atoms with E-state index in [-0.39, 0.29) is 0 Å². The minimum Gasteiger partial charge on any atom is -0.456 e. The molecule has 74 heavy (non-hydrogen) atoms. The predicted octanol–water partition coefficient (Wildman–Crippen LogP) is 17.7. The Labute approximate surface area is 422 Å². The summed E-state index contributed by atoms with van der Waals surface area (Å²) in [5.41, 5.74) is 14.7. The fourth-order valence-corrected chi connectivity index (χ4v) is 11.7. The summed E-state index contributed by atoms with van der Waals surface area (Å²) in [6.45, 7) is 0. The molecule has 344 valence electrons. The van der Waals surface area contributed by atoms with Crippen LogP contribution in [0.3, 0.4) is 0 Å². The molecule has 0 spiro atoms. The maximum Gasteiger partial charge on any atom is 0.238 e. The third-order valence-corrected chi connectivity index (χ3v) is 15.0. The lowest BCUT2D eigenvalue weighted by atomic mass is 9.96. The molecule has 0 atom stereocenters. The molecule has 7 nitrogen and oxygen atoms in total. The number of furan rings is 2. The zero-order valence-electron chi connectivity index (χ0n) is 39.6. The lowest BCUT2D eigenvalue weighted by molar-refractivity contribution is 0.669. The summed E-state index contributed by atoms with van der Waals surface area (Å²) in [7, 11) is 0. The van der Waals surface area contributed by atoms with Crippen LogP contribution in [0.5, 0.6) is 0 Å². The smallest absolute Gasteiger partial charge is 0.238 e. The molecule has 5 heterocycles. The molecule has 0 bridgehead atoms. The second kappa shape index (κ2) is 15.7. The molecule has 7 heteroatoms. The van der Waals surface area contributed by atoms with Crippen LogP contribution in [0.15, 0.2) is 245 Å². The molecule has 0 radical (unpaired) electrons. The second-order valence-electron chi connectivity index (χ2n) is 19.1. The summed E-state index contributed by atoms with van der Waals surface area (Å²) in [5, 5.41) is 11.4. The number of fused-ring (bicyclic) bond motifs is 14. The van der Waals surface area contributed by atoms with Gasteiger partial charge in [0, 0.05) is 71.0 Å². The molecule has 11 aromatic carbocycles. The molecular weight excluding hydrogens is 907 g/mol. The molecule has 5 aromatic heterocycles. The number of benzene rings is 11. The highest BCUT2D eigenvalue weighted by molar-refractivity contribution is 6.23. The van der Waals surface area contributed by atoms with Crippen LogP contribution < -0.4 is 0 Å². The molecule has 0 fully saturated rings. The van der Waals surface area contributed by atoms with Crippen LogP contribution in [-0.4, -0.2) is 24.1 Å². The molecule has 16 aromatic rings. The van der Waals surface area contributed by atoms with E-state index in [4.69, 9.17) is 23.8 Å². The first-order valence-corrected chi connectivity index (χ1v) is 24.9. The predicted molar refractivity (Wildman–Crippen MR) is 302 cm³/mol. The van der Waals surface area contributed by atoms with Gasteiger partial charge in [0.15, 0.2) is 11.6 Å². The Hall–Kier alpha value is -10.1. The normalized spacial score (nSPS) is 12.1. The zero-order chi connectivity index (χ0) is 48.4. The van der Waals surface area contributed by atoms with Gasteiger partial charge in [-0.05, 0) is 82.6 Å². The van der Waals surface area contributed by atoms with Crippen LogP contribution in [0.4, 0.5) is 0 Å². The SMILES string of the molecule is c1cc(-c2cccc3c2oc2ccccc23)cc(-c2cccc3c4c5ccccc5ccc4n(-c4cccc(-c5nc(-c6ccc7c(c6)oc6ccccc67)nc(-n6c7ccccc7c7ccccc76)n5)c4)c23)c1. The Morgan fingerprint density at radius 3 is 1.66 bits per heavy atom. The molecule has 0 aliphatic rings. The zero-order valence-corrected chi connectivity index (χ0v) is 39.6. The van der Waals surface area contributed by atoms with Gasteiger partial charge in [-0.25, -0.2) is 4.98 Å². The molecule has 0 amide bonds. The summed E-state index contributed by atoms with van der Waals surface area (Å²) in [4.78, 5) is 16.0. The van der Waals surface area contributed by atoms with Crippen molar-refractivity contribution < 1.29 is 8.83 Å². The number of hydrogen-bond acceptors (Lipinski definition) is 5. The Kier molecular flexibility index (Phi) is 8.61. The fourth-order valence-electron chi connectivity index (χ4n) is 11.7. The first-order valence-electron chi connectivity index (χ1n) is 24.9. The number of para-hydroxylation sites is 6. The molecule has 0 N–H and O–H groups in total. The van der Waals surface area contributed by atoms with Gasteiger partial charge >= 0.3 is 0 Å². The topological polar surface area (TPSA) is 74.8 Å². The first-order chi connectivity index (χ1) is 36.7. The van der Waals surface area contributed by atoms with E-state index in [1.807, 2.05) is 30.3 Å². The van der Waals surface area contributed by atoms with E-state index in [2.05, 4.69) is 215 Å². The van der Waals surface area contributed by atoms with Gasteiger partial charge in [0.05, 0.1) is 22.1 Å². The summed E-state index contributed by atoms with van der Waals surface area (Å²) in [6.07, 6.45) is 0. The Balaban J connectivity index is 0.921. The van der Waals surface area contributed by atoms with Gasteiger partial charge in [-0.15, -0.1) is 0 Å². The number of aromatic nitrogens is 5. The Bertz CT molecular complexity index is 4940. The second-order valence-corrected chi connectivity index (χ2v) is 19.1. The van der Waals surface area contributed by atoms with E-state index in [0.717, 1.165) is 116 Å². The van der Waals surface area contributed by atoms with Crippen LogP contribution in [0, 0.1) is 0 Å². The minimum absolute atomic E-state index is 0.529. The van der Waals surface area contributed by atoms with E-state index in [9.17, 15) is 0 Å². The molecule has 0 aliphatic heterocycles. The number of nitrogens with zero attached hydrogens (tertiary/aromatic N) is 5. The van der Waals surface area contributed by atoms with Gasteiger partial charge in [-0.3, -0.25) is 4.57 Å². The van der Waals surface area contributed by atoms with Crippen molar-refractivity contribution in [3.05, 3.63) is 237 Å². The number of rotatable bonds is 6. The molecule has 0 saturated carbocycles. The Morgan fingerprint density at radius 1 is 0.311 bits per heavy atom. The van der Waals surface area contributed by atoms with Crippen molar-refractivity contribution >= 4 is 98.3 Å².